The van der Waals surface area contributed by atoms with Crippen molar-refractivity contribution in [1.29, 1.82) is 5.26 Å². The highest BCUT2D eigenvalue weighted by Gasteiger charge is 2.03. The molecule has 2 nitrogen and oxygen atoms in total. The van der Waals surface area contributed by atoms with E-state index in [1.807, 2.05) is 12.1 Å². The maximum absolute atomic E-state index is 8.80. The summed E-state index contributed by atoms with van der Waals surface area (Å²) in [7, 11) is 0. The number of anilines is 1. The summed E-state index contributed by atoms with van der Waals surface area (Å²) >= 11 is 5.82. The van der Waals surface area contributed by atoms with Crippen LogP contribution in [-0.4, -0.2) is 6.54 Å². The van der Waals surface area contributed by atoms with Crippen molar-refractivity contribution in [2.24, 2.45) is 0 Å². The largest absolute Gasteiger partial charge is 0.380 e. The molecule has 0 saturated heterocycles. The molecule has 0 aliphatic heterocycles. The van der Waals surface area contributed by atoms with Crippen LogP contribution < -0.4 is 5.32 Å². The molecule has 3 heteroatoms. The lowest BCUT2D eigenvalue weighted by molar-refractivity contribution is 1.33. The zero-order valence-corrected chi connectivity index (χ0v) is 7.80. The maximum atomic E-state index is 8.80. The van der Waals surface area contributed by atoms with Gasteiger partial charge in [-0.2, -0.15) is 5.26 Å². The Morgan fingerprint density at radius 3 is 3.00 bits per heavy atom. The Hall–Kier alpha value is -1.46. The Morgan fingerprint density at radius 2 is 2.38 bits per heavy atom. The van der Waals surface area contributed by atoms with Crippen molar-refractivity contribution in [3.63, 3.8) is 0 Å². The molecule has 0 amide bonds. The summed E-state index contributed by atoms with van der Waals surface area (Å²) in [5.41, 5.74) is 1.22. The molecule has 1 aromatic carbocycles. The average molecular weight is 193 g/mol. The summed E-state index contributed by atoms with van der Waals surface area (Å²) < 4.78 is 0. The highest BCUT2D eigenvalue weighted by atomic mass is 35.5. The van der Waals surface area contributed by atoms with E-state index in [1.54, 1.807) is 18.2 Å². The van der Waals surface area contributed by atoms with Crippen LogP contribution in [0.5, 0.6) is 0 Å². The van der Waals surface area contributed by atoms with Gasteiger partial charge >= 0.3 is 0 Å². The van der Waals surface area contributed by atoms with Crippen molar-refractivity contribution in [1.82, 2.24) is 0 Å². The molecule has 66 valence electrons. The molecule has 0 radical (unpaired) electrons. The van der Waals surface area contributed by atoms with Gasteiger partial charge < -0.3 is 5.32 Å². The fourth-order valence-corrected chi connectivity index (χ4v) is 1.18. The number of nitriles is 1. The molecule has 13 heavy (non-hydrogen) atoms. The highest BCUT2D eigenvalue weighted by molar-refractivity contribution is 6.32. The minimum absolute atomic E-state index is 0.469. The number of nitrogens with zero attached hydrogens (tertiary/aromatic N) is 1. The second-order valence-corrected chi connectivity index (χ2v) is 2.85. The summed E-state index contributed by atoms with van der Waals surface area (Å²) in [6.45, 7) is 4.20. The van der Waals surface area contributed by atoms with Crippen LogP contribution in [0.3, 0.4) is 0 Å². The molecule has 0 fully saturated rings. The molecule has 0 aliphatic rings. The fraction of sp³-hybridized carbons (Fsp3) is 0.100. The Bertz CT molecular complexity index is 352. The van der Waals surface area contributed by atoms with Crippen molar-refractivity contribution in [3.05, 3.63) is 41.4 Å². The van der Waals surface area contributed by atoms with Crippen LogP contribution >= 0.6 is 11.6 Å². The van der Waals surface area contributed by atoms with Crippen LogP contribution in [0, 0.1) is 11.3 Å². The first kappa shape index (κ1) is 9.63. The van der Waals surface area contributed by atoms with Gasteiger partial charge in [-0.1, -0.05) is 23.7 Å². The van der Waals surface area contributed by atoms with Gasteiger partial charge in [-0.05, 0) is 12.1 Å². The topological polar surface area (TPSA) is 35.8 Å². The van der Waals surface area contributed by atoms with E-state index in [0.717, 1.165) is 5.69 Å². The van der Waals surface area contributed by atoms with Crippen LogP contribution in [0.4, 0.5) is 5.69 Å². The zero-order chi connectivity index (χ0) is 9.68. The molecule has 0 aliphatic carbocycles. The molecule has 1 aromatic rings. The zero-order valence-electron chi connectivity index (χ0n) is 7.05. The SMILES string of the molecule is C=CCNc1cccc(Cl)c1C#N. The van der Waals surface area contributed by atoms with Crippen molar-refractivity contribution in [2.45, 2.75) is 0 Å². The molecule has 0 saturated carbocycles. The molecule has 0 heterocycles. The Balaban J connectivity index is 3.00. The van der Waals surface area contributed by atoms with E-state index in [1.165, 1.54) is 0 Å². The minimum atomic E-state index is 0.469. The molecule has 0 unspecified atom stereocenters. The van der Waals surface area contributed by atoms with Gasteiger partial charge in [0.1, 0.15) is 6.07 Å². The van der Waals surface area contributed by atoms with Gasteiger partial charge in [0.2, 0.25) is 0 Å². The molecule has 0 spiro atoms. The first-order valence-corrected chi connectivity index (χ1v) is 4.20. The van der Waals surface area contributed by atoms with Gasteiger partial charge in [0.05, 0.1) is 16.3 Å². The molecule has 0 atom stereocenters. The predicted molar refractivity (Wildman–Crippen MR) is 54.9 cm³/mol. The van der Waals surface area contributed by atoms with Crippen LogP contribution in [0.1, 0.15) is 5.56 Å². The summed E-state index contributed by atoms with van der Waals surface area (Å²) in [6, 6.07) is 7.35. The Kier molecular flexibility index (Phi) is 3.36. The Morgan fingerprint density at radius 1 is 1.62 bits per heavy atom. The van der Waals surface area contributed by atoms with E-state index in [9.17, 15) is 0 Å². The van der Waals surface area contributed by atoms with Gasteiger partial charge in [0, 0.05) is 6.54 Å². The van der Waals surface area contributed by atoms with Crippen molar-refractivity contribution < 1.29 is 0 Å². The number of hydrogen-bond donors (Lipinski definition) is 1. The van der Waals surface area contributed by atoms with Gasteiger partial charge in [-0.25, -0.2) is 0 Å². The average Bonchev–Trinajstić information content (AvgIpc) is 2.15. The normalized spacial score (nSPS) is 8.92. The van der Waals surface area contributed by atoms with Crippen LogP contribution in [0.25, 0.3) is 0 Å². The number of halogens is 1. The fourth-order valence-electron chi connectivity index (χ4n) is 0.967. The summed E-state index contributed by atoms with van der Waals surface area (Å²) in [4.78, 5) is 0. The lowest BCUT2D eigenvalue weighted by Crippen LogP contribution is -1.99. The third-order valence-electron chi connectivity index (χ3n) is 1.56. The summed E-state index contributed by atoms with van der Waals surface area (Å²) in [5, 5.41) is 12.3. The van der Waals surface area contributed by atoms with Crippen LogP contribution in [0.2, 0.25) is 5.02 Å². The highest BCUT2D eigenvalue weighted by Crippen LogP contribution is 2.22. The monoisotopic (exact) mass is 192 g/mol. The van der Waals surface area contributed by atoms with Gasteiger partial charge in [-0.15, -0.1) is 6.58 Å². The molecular formula is C10H9ClN2. The summed E-state index contributed by atoms with van der Waals surface area (Å²) in [6.07, 6.45) is 1.72. The lowest BCUT2D eigenvalue weighted by atomic mass is 10.2. The quantitative estimate of drug-likeness (QED) is 0.748. The van der Waals surface area contributed by atoms with Gasteiger partial charge in [0.15, 0.2) is 0 Å². The smallest absolute Gasteiger partial charge is 0.103 e. The first-order chi connectivity index (χ1) is 6.29. The first-order valence-electron chi connectivity index (χ1n) is 3.83. The molecule has 0 aromatic heterocycles. The van der Waals surface area contributed by atoms with Gasteiger partial charge in [-0.3, -0.25) is 0 Å². The van der Waals surface area contributed by atoms with E-state index < -0.39 is 0 Å². The Labute approximate surface area is 82.4 Å². The molecule has 1 N–H and O–H groups in total. The predicted octanol–water partition coefficient (Wildman–Crippen LogP) is 2.81. The standard InChI is InChI=1S/C10H9ClN2/c1-2-6-13-10-5-3-4-9(11)8(10)7-12/h2-5,13H,1,6H2. The second-order valence-electron chi connectivity index (χ2n) is 2.44. The van der Waals surface area contributed by atoms with E-state index >= 15 is 0 Å². The van der Waals surface area contributed by atoms with E-state index in [-0.39, 0.29) is 0 Å². The number of nitrogens with one attached hydrogen (secondary N) is 1. The number of benzene rings is 1. The maximum Gasteiger partial charge on any atom is 0.103 e. The third-order valence-corrected chi connectivity index (χ3v) is 1.88. The van der Waals surface area contributed by atoms with E-state index in [0.29, 0.717) is 17.1 Å². The van der Waals surface area contributed by atoms with Crippen LogP contribution in [-0.2, 0) is 0 Å². The third kappa shape index (κ3) is 2.24. The van der Waals surface area contributed by atoms with Crippen molar-refractivity contribution >= 4 is 17.3 Å². The van der Waals surface area contributed by atoms with Crippen LogP contribution in [0.15, 0.2) is 30.9 Å². The molecule has 1 rings (SSSR count). The van der Waals surface area contributed by atoms with Crippen molar-refractivity contribution in [2.75, 3.05) is 11.9 Å². The number of hydrogen-bond acceptors (Lipinski definition) is 2. The summed E-state index contributed by atoms with van der Waals surface area (Å²) in [5.74, 6) is 0. The second kappa shape index (κ2) is 4.54. The molecule has 0 bridgehead atoms. The van der Waals surface area contributed by atoms with Crippen molar-refractivity contribution in [3.8, 4) is 6.07 Å². The van der Waals surface area contributed by atoms with E-state index in [4.69, 9.17) is 16.9 Å². The van der Waals surface area contributed by atoms with E-state index in [2.05, 4.69) is 11.9 Å². The number of rotatable bonds is 3. The minimum Gasteiger partial charge on any atom is -0.380 e. The lowest BCUT2D eigenvalue weighted by Gasteiger charge is -2.05. The molecular weight excluding hydrogens is 184 g/mol. The van der Waals surface area contributed by atoms with Gasteiger partial charge in [0.25, 0.3) is 0 Å².